The van der Waals surface area contributed by atoms with Gasteiger partial charge in [0.1, 0.15) is 22.2 Å². The fourth-order valence-corrected chi connectivity index (χ4v) is 4.79. The fraction of sp³-hybridized carbons (Fsp3) is 0.350. The average molecular weight is 407 g/mol. The molecule has 0 bridgehead atoms. The van der Waals surface area contributed by atoms with E-state index in [9.17, 15) is 17.6 Å². The van der Waals surface area contributed by atoms with Crippen LogP contribution in [0.15, 0.2) is 47.4 Å². The molecule has 0 atom stereocenters. The lowest BCUT2D eigenvalue weighted by Gasteiger charge is -2.21. The Kier molecular flexibility index (Phi) is 6.31. The molecule has 28 heavy (non-hydrogen) atoms. The highest BCUT2D eigenvalue weighted by Crippen LogP contribution is 2.30. The lowest BCUT2D eigenvalue weighted by atomic mass is 10.2. The monoisotopic (exact) mass is 407 g/mol. The van der Waals surface area contributed by atoms with Crippen molar-refractivity contribution in [1.29, 1.82) is 0 Å². The van der Waals surface area contributed by atoms with Crippen LogP contribution in [0.2, 0.25) is 0 Å². The van der Waals surface area contributed by atoms with Gasteiger partial charge in [-0.3, -0.25) is 0 Å². The van der Waals surface area contributed by atoms with E-state index in [1.807, 2.05) is 0 Å². The van der Waals surface area contributed by atoms with E-state index in [0.717, 1.165) is 25.7 Å². The molecule has 0 N–H and O–H groups in total. The van der Waals surface area contributed by atoms with E-state index in [2.05, 4.69) is 0 Å². The minimum absolute atomic E-state index is 0.0644. The minimum atomic E-state index is -3.81. The molecule has 6 nitrogen and oxygen atoms in total. The third-order valence-electron chi connectivity index (χ3n) is 4.61. The number of halogens is 1. The molecule has 1 aliphatic rings. The van der Waals surface area contributed by atoms with Gasteiger partial charge in [0.15, 0.2) is 0 Å². The molecule has 1 saturated heterocycles. The number of carbonyl (C=O) groups excluding carboxylic acids is 1. The first-order valence-electron chi connectivity index (χ1n) is 9.08. The van der Waals surface area contributed by atoms with Gasteiger partial charge in [-0.25, -0.2) is 17.6 Å². The van der Waals surface area contributed by atoms with E-state index in [0.29, 0.717) is 13.1 Å². The number of hydrogen-bond donors (Lipinski definition) is 0. The Balaban J connectivity index is 1.90. The highest BCUT2D eigenvalue weighted by Gasteiger charge is 2.29. The highest BCUT2D eigenvalue weighted by molar-refractivity contribution is 7.89. The summed E-state index contributed by atoms with van der Waals surface area (Å²) in [6.07, 6.45) is 3.59. The van der Waals surface area contributed by atoms with Crippen molar-refractivity contribution in [2.75, 3.05) is 20.2 Å². The lowest BCUT2D eigenvalue weighted by molar-refractivity contribution is 0.0734. The van der Waals surface area contributed by atoms with Gasteiger partial charge < -0.3 is 9.47 Å². The quantitative estimate of drug-likeness (QED) is 0.559. The largest absolute Gasteiger partial charge is 0.495 e. The summed E-state index contributed by atoms with van der Waals surface area (Å²) < 4.78 is 51.1. The van der Waals surface area contributed by atoms with Crippen molar-refractivity contribution in [1.82, 2.24) is 4.31 Å². The van der Waals surface area contributed by atoms with Crippen LogP contribution in [-0.4, -0.2) is 38.9 Å². The normalized spacial score (nSPS) is 15.6. The van der Waals surface area contributed by atoms with Gasteiger partial charge in [-0.15, -0.1) is 0 Å². The smallest absolute Gasteiger partial charge is 0.343 e. The molecule has 0 aromatic heterocycles. The van der Waals surface area contributed by atoms with Crippen molar-refractivity contribution < 1.29 is 27.1 Å². The zero-order valence-corrected chi connectivity index (χ0v) is 16.4. The van der Waals surface area contributed by atoms with Crippen LogP contribution in [0.3, 0.4) is 0 Å². The topological polar surface area (TPSA) is 72.9 Å². The summed E-state index contributed by atoms with van der Waals surface area (Å²) in [5.74, 6) is -0.849. The molecule has 1 fully saturated rings. The minimum Gasteiger partial charge on any atom is -0.495 e. The van der Waals surface area contributed by atoms with Crippen LogP contribution < -0.4 is 9.47 Å². The molecule has 150 valence electrons. The third-order valence-corrected chi connectivity index (χ3v) is 6.53. The molecule has 0 unspecified atom stereocenters. The van der Waals surface area contributed by atoms with E-state index in [1.54, 1.807) is 0 Å². The molecule has 2 aromatic carbocycles. The molecule has 0 aliphatic carbocycles. The molecule has 8 heteroatoms. The number of methoxy groups -OCH3 is 1. The van der Waals surface area contributed by atoms with E-state index in [1.165, 1.54) is 53.9 Å². The molecule has 0 saturated carbocycles. The summed E-state index contributed by atoms with van der Waals surface area (Å²) in [5.41, 5.74) is 0.0681. The van der Waals surface area contributed by atoms with Crippen molar-refractivity contribution >= 4 is 16.0 Å². The summed E-state index contributed by atoms with van der Waals surface area (Å²) in [6, 6.07) is 9.14. The number of esters is 1. The van der Waals surface area contributed by atoms with Crippen molar-refractivity contribution in [3.05, 3.63) is 53.8 Å². The molecular formula is C20H22FNO5S. The fourth-order valence-electron chi connectivity index (χ4n) is 3.09. The van der Waals surface area contributed by atoms with E-state index in [4.69, 9.17) is 9.47 Å². The van der Waals surface area contributed by atoms with E-state index < -0.39 is 21.8 Å². The summed E-state index contributed by atoms with van der Waals surface area (Å²) in [6.45, 7) is 0.880. The van der Waals surface area contributed by atoms with Crippen LogP contribution in [0.25, 0.3) is 0 Å². The van der Waals surface area contributed by atoms with Crippen LogP contribution in [-0.2, 0) is 10.0 Å². The van der Waals surface area contributed by atoms with Crippen LogP contribution in [0, 0.1) is 5.82 Å². The Hall–Kier alpha value is -2.45. The highest BCUT2D eigenvalue weighted by atomic mass is 32.2. The number of ether oxygens (including phenoxy) is 2. The van der Waals surface area contributed by atoms with Crippen molar-refractivity contribution in [3.8, 4) is 11.5 Å². The van der Waals surface area contributed by atoms with E-state index >= 15 is 0 Å². The van der Waals surface area contributed by atoms with Crippen LogP contribution >= 0.6 is 0 Å². The molecule has 0 spiro atoms. The van der Waals surface area contributed by atoms with Crippen LogP contribution in [0.1, 0.15) is 36.0 Å². The zero-order chi connectivity index (χ0) is 20.1. The number of nitrogens with zero attached hydrogens (tertiary/aromatic N) is 1. The summed E-state index contributed by atoms with van der Waals surface area (Å²) >= 11 is 0. The number of benzene rings is 2. The first kappa shape index (κ1) is 20.3. The Labute approximate surface area is 163 Å². The Bertz CT molecular complexity index is 936. The van der Waals surface area contributed by atoms with E-state index in [-0.39, 0.29) is 22.0 Å². The molecular weight excluding hydrogens is 385 g/mol. The van der Waals surface area contributed by atoms with Crippen LogP contribution in [0.4, 0.5) is 4.39 Å². The SMILES string of the molecule is COc1ccc(C(=O)Oc2ccc(F)cc2)cc1S(=O)(=O)N1CCCCCC1. The summed E-state index contributed by atoms with van der Waals surface area (Å²) in [5, 5.41) is 0. The molecule has 0 radical (unpaired) electrons. The van der Waals surface area contributed by atoms with Crippen LogP contribution in [0.5, 0.6) is 11.5 Å². The molecule has 2 aromatic rings. The number of hydrogen-bond acceptors (Lipinski definition) is 5. The number of carbonyl (C=O) groups is 1. The Morgan fingerprint density at radius 1 is 1.00 bits per heavy atom. The van der Waals surface area contributed by atoms with Gasteiger partial charge in [-0.1, -0.05) is 12.8 Å². The lowest BCUT2D eigenvalue weighted by Crippen LogP contribution is -2.32. The summed E-state index contributed by atoms with van der Waals surface area (Å²) in [4.78, 5) is 12.4. The number of sulfonamides is 1. The Morgan fingerprint density at radius 3 is 2.25 bits per heavy atom. The van der Waals surface area contributed by atoms with Crippen molar-refractivity contribution in [2.24, 2.45) is 0 Å². The first-order valence-corrected chi connectivity index (χ1v) is 10.5. The molecule has 3 rings (SSSR count). The van der Waals surface area contributed by atoms with Gasteiger partial charge in [-0.05, 0) is 55.3 Å². The predicted octanol–water partition coefficient (Wildman–Crippen LogP) is 3.62. The second-order valence-electron chi connectivity index (χ2n) is 6.53. The molecule has 1 heterocycles. The molecule has 0 amide bonds. The van der Waals surface area contributed by atoms with Gasteiger partial charge in [-0.2, -0.15) is 4.31 Å². The molecule has 1 aliphatic heterocycles. The van der Waals surface area contributed by atoms with Gasteiger partial charge in [0.25, 0.3) is 0 Å². The second-order valence-corrected chi connectivity index (χ2v) is 8.43. The van der Waals surface area contributed by atoms with Crippen molar-refractivity contribution in [2.45, 2.75) is 30.6 Å². The maximum Gasteiger partial charge on any atom is 0.343 e. The summed E-state index contributed by atoms with van der Waals surface area (Å²) in [7, 11) is -2.43. The zero-order valence-electron chi connectivity index (χ0n) is 15.6. The van der Waals surface area contributed by atoms with Gasteiger partial charge in [0, 0.05) is 13.1 Å². The van der Waals surface area contributed by atoms with Gasteiger partial charge >= 0.3 is 5.97 Å². The Morgan fingerprint density at radius 2 is 1.64 bits per heavy atom. The maximum atomic E-state index is 13.1. The average Bonchev–Trinajstić information content (AvgIpc) is 2.99. The van der Waals surface area contributed by atoms with Gasteiger partial charge in [0.2, 0.25) is 10.0 Å². The standard InChI is InChI=1S/C20H22FNO5S/c1-26-18-11-6-15(20(23)27-17-9-7-16(21)8-10-17)14-19(18)28(24,25)22-12-4-2-3-5-13-22/h6-11,14H,2-5,12-13H2,1H3. The first-order chi connectivity index (χ1) is 13.4. The maximum absolute atomic E-state index is 13.1. The predicted molar refractivity (Wildman–Crippen MR) is 102 cm³/mol. The van der Waals surface area contributed by atoms with Crippen molar-refractivity contribution in [3.63, 3.8) is 0 Å². The second kappa shape index (κ2) is 8.70. The third kappa shape index (κ3) is 4.51. The van der Waals surface area contributed by atoms with Gasteiger partial charge in [0.05, 0.1) is 12.7 Å². The number of rotatable bonds is 5.